The van der Waals surface area contributed by atoms with Gasteiger partial charge in [0.25, 0.3) is 0 Å². The molecular formula is C19H21O5P. The van der Waals surface area contributed by atoms with Crippen LogP contribution in [-0.4, -0.2) is 30.4 Å². The van der Waals surface area contributed by atoms with Crippen LogP contribution in [0.25, 0.3) is 0 Å². The van der Waals surface area contributed by atoms with E-state index in [-0.39, 0.29) is 24.3 Å². The average molecular weight is 360 g/mol. The van der Waals surface area contributed by atoms with Crippen molar-refractivity contribution in [3.05, 3.63) is 71.8 Å². The topological polar surface area (TPSA) is 69.7 Å². The van der Waals surface area contributed by atoms with Gasteiger partial charge >= 0.3 is 7.60 Å². The highest BCUT2D eigenvalue weighted by Gasteiger charge is 2.46. The van der Waals surface area contributed by atoms with Gasteiger partial charge in [-0.3, -0.25) is 14.2 Å². The lowest BCUT2D eigenvalue weighted by Gasteiger charge is -2.24. The van der Waals surface area contributed by atoms with Gasteiger partial charge in [-0.2, -0.15) is 0 Å². The summed E-state index contributed by atoms with van der Waals surface area (Å²) in [6, 6.07) is 16.6. The molecule has 0 fully saturated rings. The summed E-state index contributed by atoms with van der Waals surface area (Å²) in [5.74, 6) is -1.14. The Labute approximate surface area is 147 Å². The Kier molecular flexibility index (Phi) is 6.82. The summed E-state index contributed by atoms with van der Waals surface area (Å²) in [5, 5.41) is 0. The van der Waals surface area contributed by atoms with E-state index in [4.69, 9.17) is 9.05 Å². The number of hydrogen-bond donors (Lipinski definition) is 0. The van der Waals surface area contributed by atoms with E-state index >= 15 is 0 Å². The lowest BCUT2D eigenvalue weighted by Crippen LogP contribution is -2.32. The van der Waals surface area contributed by atoms with Crippen LogP contribution < -0.4 is 0 Å². The molecule has 25 heavy (non-hydrogen) atoms. The maximum atomic E-state index is 13.3. The number of carbonyl (C=O) groups is 2. The molecule has 0 unspecified atom stereocenters. The first-order chi connectivity index (χ1) is 12.0. The number of carbonyl (C=O) groups excluding carboxylic acids is 2. The fraction of sp³-hybridized carbons (Fsp3) is 0.263. The molecule has 0 saturated heterocycles. The van der Waals surface area contributed by atoms with E-state index in [0.717, 1.165) is 0 Å². The standard InChI is InChI=1S/C19H21O5P/c1-3-23-25(22,24-4-2)19(17(20)15-11-7-5-8-12-15)18(21)16-13-9-6-10-14-16/h5-14,19H,3-4H2,1-2H3. The molecule has 0 aliphatic heterocycles. The van der Waals surface area contributed by atoms with Crippen molar-refractivity contribution < 1.29 is 23.2 Å². The first-order valence-corrected chi connectivity index (χ1v) is 9.72. The normalized spacial score (nSPS) is 11.5. The molecule has 2 aromatic rings. The monoisotopic (exact) mass is 360 g/mol. The number of hydrogen-bond acceptors (Lipinski definition) is 5. The van der Waals surface area contributed by atoms with Crippen molar-refractivity contribution in [1.29, 1.82) is 0 Å². The molecule has 6 heteroatoms. The Bertz CT molecular complexity index is 696. The van der Waals surface area contributed by atoms with E-state index in [1.165, 1.54) is 0 Å². The van der Waals surface area contributed by atoms with Gasteiger partial charge in [-0.25, -0.2) is 0 Å². The van der Waals surface area contributed by atoms with Crippen LogP contribution in [0, 0.1) is 0 Å². The molecule has 5 nitrogen and oxygen atoms in total. The molecule has 0 aliphatic carbocycles. The predicted octanol–water partition coefficient (Wildman–Crippen LogP) is 4.39. The number of rotatable bonds is 9. The summed E-state index contributed by atoms with van der Waals surface area (Å²) in [7, 11) is -3.97. The maximum absolute atomic E-state index is 13.3. The second-order valence-corrected chi connectivity index (χ2v) is 7.35. The van der Waals surface area contributed by atoms with Crippen LogP contribution in [0.5, 0.6) is 0 Å². The van der Waals surface area contributed by atoms with Gasteiger partial charge in [0, 0.05) is 11.1 Å². The van der Waals surface area contributed by atoms with Crippen LogP contribution in [-0.2, 0) is 13.6 Å². The molecule has 0 aromatic heterocycles. The van der Waals surface area contributed by atoms with Crippen molar-refractivity contribution in [3.8, 4) is 0 Å². The van der Waals surface area contributed by atoms with Crippen molar-refractivity contribution in [2.75, 3.05) is 13.2 Å². The Morgan fingerprint density at radius 2 is 1.16 bits per heavy atom. The van der Waals surface area contributed by atoms with Crippen LogP contribution in [0.1, 0.15) is 34.6 Å². The van der Waals surface area contributed by atoms with E-state index in [1.807, 2.05) is 0 Å². The van der Waals surface area contributed by atoms with Gasteiger partial charge in [0.05, 0.1) is 13.2 Å². The van der Waals surface area contributed by atoms with Crippen LogP contribution in [0.4, 0.5) is 0 Å². The lowest BCUT2D eigenvalue weighted by atomic mass is 10.0. The highest BCUT2D eigenvalue weighted by molar-refractivity contribution is 7.57. The van der Waals surface area contributed by atoms with Gasteiger partial charge in [0.1, 0.15) is 0 Å². The minimum atomic E-state index is -3.97. The summed E-state index contributed by atoms with van der Waals surface area (Å²) < 4.78 is 23.9. The molecule has 0 spiro atoms. The first-order valence-electron chi connectivity index (χ1n) is 8.10. The molecule has 0 heterocycles. The maximum Gasteiger partial charge on any atom is 0.349 e. The molecule has 0 bridgehead atoms. The summed E-state index contributed by atoms with van der Waals surface area (Å²) in [6.07, 6.45) is 0. The summed E-state index contributed by atoms with van der Waals surface area (Å²) >= 11 is 0. The number of benzene rings is 2. The number of ketones is 2. The summed E-state index contributed by atoms with van der Waals surface area (Å²) in [4.78, 5) is 26.0. The molecule has 0 amide bonds. The highest BCUT2D eigenvalue weighted by atomic mass is 31.2. The van der Waals surface area contributed by atoms with E-state index in [0.29, 0.717) is 0 Å². The van der Waals surface area contributed by atoms with E-state index < -0.39 is 24.8 Å². The molecule has 0 saturated carbocycles. The summed E-state index contributed by atoms with van der Waals surface area (Å²) in [5.41, 5.74) is -0.954. The minimum absolute atomic E-state index is 0.0674. The van der Waals surface area contributed by atoms with E-state index in [9.17, 15) is 14.2 Å². The van der Waals surface area contributed by atoms with Crippen molar-refractivity contribution in [1.82, 2.24) is 0 Å². The summed E-state index contributed by atoms with van der Waals surface area (Å²) in [6.45, 7) is 3.42. The van der Waals surface area contributed by atoms with Gasteiger partial charge in [-0.15, -0.1) is 0 Å². The van der Waals surface area contributed by atoms with E-state index in [2.05, 4.69) is 0 Å². The largest absolute Gasteiger partial charge is 0.349 e. The van der Waals surface area contributed by atoms with Crippen LogP contribution in [0.2, 0.25) is 0 Å². The van der Waals surface area contributed by atoms with Crippen LogP contribution >= 0.6 is 7.60 Å². The minimum Gasteiger partial charge on any atom is -0.308 e. The molecule has 0 atom stereocenters. The molecule has 0 radical (unpaired) electrons. The highest BCUT2D eigenvalue weighted by Crippen LogP contribution is 2.54. The third-order valence-corrected chi connectivity index (χ3v) is 5.89. The fourth-order valence-electron chi connectivity index (χ4n) is 2.47. The predicted molar refractivity (Wildman–Crippen MR) is 96.2 cm³/mol. The van der Waals surface area contributed by atoms with Crippen molar-refractivity contribution in [2.24, 2.45) is 0 Å². The van der Waals surface area contributed by atoms with Gasteiger partial charge in [0.2, 0.25) is 0 Å². The Balaban J connectivity index is 2.53. The second-order valence-electron chi connectivity index (χ2n) is 5.24. The third-order valence-electron chi connectivity index (χ3n) is 3.55. The molecule has 0 aliphatic rings. The quantitative estimate of drug-likeness (QED) is 0.377. The zero-order valence-electron chi connectivity index (χ0n) is 14.3. The number of Topliss-reactive ketones (excluding diaryl/α,β-unsaturated/α-hetero) is 2. The van der Waals surface area contributed by atoms with Gasteiger partial charge in [-0.05, 0) is 13.8 Å². The van der Waals surface area contributed by atoms with Crippen molar-refractivity contribution >= 4 is 19.2 Å². The fourth-order valence-corrected chi connectivity index (χ4v) is 4.44. The smallest absolute Gasteiger partial charge is 0.308 e. The van der Waals surface area contributed by atoms with Gasteiger partial charge < -0.3 is 9.05 Å². The molecule has 2 rings (SSSR count). The zero-order chi connectivity index (χ0) is 18.3. The second kappa shape index (κ2) is 8.86. The zero-order valence-corrected chi connectivity index (χ0v) is 15.1. The van der Waals surface area contributed by atoms with Gasteiger partial charge in [0.15, 0.2) is 17.2 Å². The molecule has 0 N–H and O–H groups in total. The van der Waals surface area contributed by atoms with Crippen molar-refractivity contribution in [2.45, 2.75) is 19.5 Å². The lowest BCUT2D eigenvalue weighted by molar-refractivity contribution is 0.0874. The third kappa shape index (κ3) is 4.51. The first kappa shape index (κ1) is 19.3. The molecule has 132 valence electrons. The Morgan fingerprint density at radius 3 is 1.48 bits per heavy atom. The average Bonchev–Trinajstić information content (AvgIpc) is 2.63. The Morgan fingerprint density at radius 1 is 0.800 bits per heavy atom. The Hall–Kier alpha value is -2.07. The SMILES string of the molecule is CCOP(=O)(OCC)C(C(=O)c1ccccc1)C(=O)c1ccccc1. The van der Waals surface area contributed by atoms with Crippen LogP contribution in [0.3, 0.4) is 0 Å². The van der Waals surface area contributed by atoms with Gasteiger partial charge in [-0.1, -0.05) is 60.7 Å². The molecular weight excluding hydrogens is 339 g/mol. The van der Waals surface area contributed by atoms with E-state index in [1.54, 1.807) is 74.5 Å². The molecule has 2 aromatic carbocycles. The van der Waals surface area contributed by atoms with Crippen LogP contribution in [0.15, 0.2) is 60.7 Å². The van der Waals surface area contributed by atoms with Crippen molar-refractivity contribution in [3.63, 3.8) is 0 Å².